The zero-order chi connectivity index (χ0) is 22.7. The topological polar surface area (TPSA) is 139 Å². The fourth-order valence-corrected chi connectivity index (χ4v) is 4.19. The van der Waals surface area contributed by atoms with Crippen molar-refractivity contribution in [3.8, 4) is 0 Å². The highest BCUT2D eigenvalue weighted by Crippen LogP contribution is 2.27. The van der Waals surface area contributed by atoms with Crippen molar-refractivity contribution < 1.29 is 14.0 Å². The number of pyridine rings is 2. The highest BCUT2D eigenvalue weighted by molar-refractivity contribution is 5.98. The van der Waals surface area contributed by atoms with E-state index in [9.17, 15) is 14.0 Å². The zero-order valence-electron chi connectivity index (χ0n) is 17.8. The maximum absolute atomic E-state index is 14.7. The molecule has 1 aliphatic carbocycles. The minimum absolute atomic E-state index is 0.0170. The van der Waals surface area contributed by atoms with E-state index in [0.717, 1.165) is 44.6 Å². The summed E-state index contributed by atoms with van der Waals surface area (Å²) in [6, 6.07) is 4.33. The maximum atomic E-state index is 14.7. The molecule has 10 heteroatoms. The molecule has 1 saturated heterocycles. The van der Waals surface area contributed by atoms with E-state index in [1.807, 2.05) is 0 Å². The van der Waals surface area contributed by atoms with Crippen molar-refractivity contribution in [2.24, 2.45) is 11.5 Å². The number of carbonyl (C=O) groups excluding carboxylic acids is 2. The molecule has 4 rings (SSSR count). The van der Waals surface area contributed by atoms with Crippen molar-refractivity contribution in [1.29, 1.82) is 0 Å². The minimum Gasteiger partial charge on any atom is -0.365 e. The fraction of sp³-hybridized carbons (Fsp3) is 0.455. The molecule has 2 aromatic heterocycles. The molecule has 6 N–H and O–H groups in total. The first-order valence-corrected chi connectivity index (χ1v) is 11.0. The van der Waals surface area contributed by atoms with Gasteiger partial charge in [-0.05, 0) is 43.9 Å². The van der Waals surface area contributed by atoms with Crippen LogP contribution in [0.25, 0.3) is 0 Å². The number of nitrogens with two attached hydrogens (primary N) is 2. The molecule has 3 heterocycles. The molecular weight excluding hydrogens is 413 g/mol. The summed E-state index contributed by atoms with van der Waals surface area (Å²) in [5, 5.41) is 6.08. The normalized spacial score (nSPS) is 21.3. The van der Waals surface area contributed by atoms with E-state index in [-0.39, 0.29) is 35.2 Å². The Morgan fingerprint density at radius 3 is 2.66 bits per heavy atom. The zero-order valence-corrected chi connectivity index (χ0v) is 17.8. The van der Waals surface area contributed by atoms with E-state index in [0.29, 0.717) is 24.5 Å². The molecule has 0 bridgehead atoms. The van der Waals surface area contributed by atoms with Crippen LogP contribution in [0.5, 0.6) is 0 Å². The second kappa shape index (κ2) is 9.47. The van der Waals surface area contributed by atoms with E-state index in [1.54, 1.807) is 17.0 Å². The van der Waals surface area contributed by atoms with E-state index in [4.69, 9.17) is 11.5 Å². The second-order valence-corrected chi connectivity index (χ2v) is 8.31. The summed E-state index contributed by atoms with van der Waals surface area (Å²) in [6.07, 6.45) is 7.63. The lowest BCUT2D eigenvalue weighted by molar-refractivity contribution is -0.119. The van der Waals surface area contributed by atoms with Gasteiger partial charge in [0.1, 0.15) is 11.6 Å². The minimum atomic E-state index is -0.802. The number of aromatic nitrogens is 2. The van der Waals surface area contributed by atoms with Crippen LogP contribution in [-0.2, 0) is 4.79 Å². The number of hydrogen-bond donors (Lipinski definition) is 4. The Bertz CT molecular complexity index is 999. The number of halogens is 1. The van der Waals surface area contributed by atoms with Crippen LogP contribution in [0.15, 0.2) is 24.4 Å². The Hall–Kier alpha value is -3.27. The third-order valence-corrected chi connectivity index (χ3v) is 5.99. The molecule has 2 atom stereocenters. The fourth-order valence-electron chi connectivity index (χ4n) is 4.19. The Kier molecular flexibility index (Phi) is 6.50. The van der Waals surface area contributed by atoms with Gasteiger partial charge in [-0.3, -0.25) is 14.5 Å². The summed E-state index contributed by atoms with van der Waals surface area (Å²) in [7, 11) is 0. The van der Waals surface area contributed by atoms with E-state index in [1.165, 1.54) is 6.20 Å². The van der Waals surface area contributed by atoms with Crippen molar-refractivity contribution in [2.45, 2.75) is 57.0 Å². The average molecular weight is 442 g/mol. The van der Waals surface area contributed by atoms with Crippen LogP contribution in [0, 0.1) is 5.82 Å². The van der Waals surface area contributed by atoms with Crippen LogP contribution in [0.2, 0.25) is 0 Å². The van der Waals surface area contributed by atoms with Gasteiger partial charge in [0.15, 0.2) is 11.6 Å². The lowest BCUT2D eigenvalue weighted by Gasteiger charge is -2.30. The molecule has 2 aliphatic rings. The van der Waals surface area contributed by atoms with Gasteiger partial charge in [0, 0.05) is 25.0 Å². The van der Waals surface area contributed by atoms with Crippen LogP contribution in [-0.4, -0.2) is 40.4 Å². The molecule has 0 aromatic carbocycles. The standard InChI is InChI=1S/C22H28FN7O2/c23-15-11-14(20(25)32)21(29-22(15)28-17-6-2-1-5-16(17)24)27-13-8-9-18(26-12-13)30-10-4-3-7-19(30)31/h8-9,11-12,16-17H,1-7,10,24H2,(H2,25,32)(H2,27,28,29)/t16-,17+/m0/s1. The molecule has 170 valence electrons. The van der Waals surface area contributed by atoms with Gasteiger partial charge in [-0.15, -0.1) is 0 Å². The quantitative estimate of drug-likeness (QED) is 0.540. The smallest absolute Gasteiger partial charge is 0.252 e. The summed E-state index contributed by atoms with van der Waals surface area (Å²) in [5.74, 6) is -0.714. The first-order chi connectivity index (χ1) is 15.4. The third kappa shape index (κ3) is 4.80. The van der Waals surface area contributed by atoms with Crippen molar-refractivity contribution in [3.63, 3.8) is 0 Å². The molecular formula is C22H28FN7O2. The maximum Gasteiger partial charge on any atom is 0.252 e. The number of nitrogens with one attached hydrogen (secondary N) is 2. The van der Waals surface area contributed by atoms with Gasteiger partial charge in [0.2, 0.25) is 5.91 Å². The van der Waals surface area contributed by atoms with Crippen LogP contribution < -0.4 is 27.0 Å². The van der Waals surface area contributed by atoms with Gasteiger partial charge in [-0.25, -0.2) is 14.4 Å². The Labute approximate surface area is 185 Å². The first kappa shape index (κ1) is 21.9. The summed E-state index contributed by atoms with van der Waals surface area (Å²) in [6.45, 7) is 0.641. The number of carbonyl (C=O) groups is 2. The Balaban J connectivity index is 1.56. The van der Waals surface area contributed by atoms with E-state index in [2.05, 4.69) is 20.6 Å². The third-order valence-electron chi connectivity index (χ3n) is 5.99. The van der Waals surface area contributed by atoms with Crippen molar-refractivity contribution in [3.05, 3.63) is 35.8 Å². The summed E-state index contributed by atoms with van der Waals surface area (Å²) in [4.78, 5) is 34.3. The summed E-state index contributed by atoms with van der Waals surface area (Å²) < 4.78 is 14.7. The predicted molar refractivity (Wildman–Crippen MR) is 120 cm³/mol. The lowest BCUT2D eigenvalue weighted by atomic mass is 9.91. The Morgan fingerprint density at radius 2 is 1.97 bits per heavy atom. The summed E-state index contributed by atoms with van der Waals surface area (Å²) in [5.41, 5.74) is 12.1. The van der Waals surface area contributed by atoms with Crippen molar-refractivity contribution in [1.82, 2.24) is 9.97 Å². The molecule has 0 unspecified atom stereocenters. The Morgan fingerprint density at radius 1 is 1.16 bits per heavy atom. The molecule has 1 saturated carbocycles. The molecule has 32 heavy (non-hydrogen) atoms. The molecule has 0 spiro atoms. The van der Waals surface area contributed by atoms with Gasteiger partial charge in [0.05, 0.1) is 17.4 Å². The SMILES string of the molecule is NC(=O)c1cc(F)c(N[C@@H]2CCCC[C@@H]2N)nc1Nc1ccc(N2CCCCC2=O)nc1. The van der Waals surface area contributed by atoms with Crippen LogP contribution >= 0.6 is 0 Å². The average Bonchev–Trinajstić information content (AvgIpc) is 2.78. The second-order valence-electron chi connectivity index (χ2n) is 8.31. The number of nitrogens with zero attached hydrogens (tertiary/aromatic N) is 3. The van der Waals surface area contributed by atoms with E-state index >= 15 is 0 Å². The van der Waals surface area contributed by atoms with Crippen molar-refractivity contribution >= 4 is 35.0 Å². The molecule has 2 fully saturated rings. The van der Waals surface area contributed by atoms with Gasteiger partial charge in [0.25, 0.3) is 5.91 Å². The number of rotatable bonds is 6. The molecule has 9 nitrogen and oxygen atoms in total. The van der Waals surface area contributed by atoms with Crippen LogP contribution in [0.3, 0.4) is 0 Å². The molecule has 2 aromatic rings. The number of primary amides is 1. The van der Waals surface area contributed by atoms with Gasteiger partial charge in [-0.1, -0.05) is 12.8 Å². The van der Waals surface area contributed by atoms with Crippen LogP contribution in [0.4, 0.5) is 27.5 Å². The first-order valence-electron chi connectivity index (χ1n) is 11.0. The lowest BCUT2D eigenvalue weighted by Crippen LogP contribution is -2.43. The largest absolute Gasteiger partial charge is 0.365 e. The number of piperidine rings is 1. The predicted octanol–water partition coefficient (Wildman–Crippen LogP) is 2.66. The number of amides is 2. The van der Waals surface area contributed by atoms with Crippen LogP contribution in [0.1, 0.15) is 55.3 Å². The molecule has 1 aliphatic heterocycles. The molecule has 2 amide bonds. The van der Waals surface area contributed by atoms with Gasteiger partial charge >= 0.3 is 0 Å². The van der Waals surface area contributed by atoms with E-state index < -0.39 is 11.7 Å². The van der Waals surface area contributed by atoms with Gasteiger partial charge in [-0.2, -0.15) is 0 Å². The van der Waals surface area contributed by atoms with Gasteiger partial charge < -0.3 is 22.1 Å². The number of hydrogen-bond acceptors (Lipinski definition) is 7. The highest BCUT2D eigenvalue weighted by Gasteiger charge is 2.25. The summed E-state index contributed by atoms with van der Waals surface area (Å²) >= 11 is 0. The monoisotopic (exact) mass is 441 g/mol. The molecule has 0 radical (unpaired) electrons. The van der Waals surface area contributed by atoms with Crippen molar-refractivity contribution in [2.75, 3.05) is 22.1 Å². The highest BCUT2D eigenvalue weighted by atomic mass is 19.1. The number of anilines is 4.